The zero-order chi connectivity index (χ0) is 13.3. The van der Waals surface area contributed by atoms with Gasteiger partial charge in [0.25, 0.3) is 0 Å². The van der Waals surface area contributed by atoms with Gasteiger partial charge in [-0.2, -0.15) is 5.26 Å². The third-order valence-electron chi connectivity index (χ3n) is 2.44. The van der Waals surface area contributed by atoms with Gasteiger partial charge in [0.05, 0.1) is 5.56 Å². The van der Waals surface area contributed by atoms with Crippen LogP contribution in [0.15, 0.2) is 30.3 Å². The minimum atomic E-state index is -1.28. The summed E-state index contributed by atoms with van der Waals surface area (Å²) in [6.07, 6.45) is 0. The van der Waals surface area contributed by atoms with E-state index in [2.05, 4.69) is 0 Å². The van der Waals surface area contributed by atoms with Crippen LogP contribution >= 0.6 is 0 Å². The van der Waals surface area contributed by atoms with Crippen molar-refractivity contribution in [2.24, 2.45) is 0 Å². The number of halogens is 3. The fraction of sp³-hybridized carbons (Fsp3) is 0. The van der Waals surface area contributed by atoms with E-state index in [0.29, 0.717) is 12.1 Å². The second-order valence-electron chi connectivity index (χ2n) is 3.59. The molecule has 18 heavy (non-hydrogen) atoms. The second kappa shape index (κ2) is 4.41. The molecule has 5 heteroatoms. The van der Waals surface area contributed by atoms with Crippen LogP contribution < -0.4 is 0 Å². The van der Waals surface area contributed by atoms with Gasteiger partial charge in [0.15, 0.2) is 11.6 Å². The predicted octanol–water partition coefficient (Wildman–Crippen LogP) is 3.35. The van der Waals surface area contributed by atoms with Gasteiger partial charge < -0.3 is 5.11 Å². The van der Waals surface area contributed by atoms with Crippen molar-refractivity contribution < 1.29 is 18.3 Å². The first-order valence-electron chi connectivity index (χ1n) is 4.91. The Morgan fingerprint density at radius 2 is 1.61 bits per heavy atom. The van der Waals surface area contributed by atoms with E-state index in [9.17, 15) is 18.3 Å². The first-order valence-corrected chi connectivity index (χ1v) is 4.91. The average molecular weight is 249 g/mol. The Bertz CT molecular complexity index is 662. The Balaban J connectivity index is 2.63. The largest absolute Gasteiger partial charge is 0.507 e. The zero-order valence-corrected chi connectivity index (χ0v) is 8.92. The minimum absolute atomic E-state index is 0.0726. The fourth-order valence-electron chi connectivity index (χ4n) is 1.54. The Kier molecular flexibility index (Phi) is 2.94. The lowest BCUT2D eigenvalue weighted by Crippen LogP contribution is -1.91. The lowest BCUT2D eigenvalue weighted by Gasteiger charge is -2.06. The van der Waals surface area contributed by atoms with E-state index in [1.54, 1.807) is 6.07 Å². The van der Waals surface area contributed by atoms with Gasteiger partial charge >= 0.3 is 0 Å². The average Bonchev–Trinajstić information content (AvgIpc) is 2.35. The van der Waals surface area contributed by atoms with E-state index in [1.807, 2.05) is 0 Å². The molecule has 0 heterocycles. The lowest BCUT2D eigenvalue weighted by atomic mass is 10.0. The van der Waals surface area contributed by atoms with Crippen molar-refractivity contribution in [2.75, 3.05) is 0 Å². The fourth-order valence-corrected chi connectivity index (χ4v) is 1.54. The molecular formula is C13H6F3NO. The normalized spacial score (nSPS) is 10.1. The molecule has 2 nitrogen and oxygen atoms in total. The van der Waals surface area contributed by atoms with Gasteiger partial charge in [0.2, 0.25) is 0 Å². The second-order valence-corrected chi connectivity index (χ2v) is 3.59. The van der Waals surface area contributed by atoms with Crippen LogP contribution in [0.25, 0.3) is 11.1 Å². The molecule has 90 valence electrons. The molecule has 0 aromatic heterocycles. The molecule has 0 saturated heterocycles. The monoisotopic (exact) mass is 249 g/mol. The molecule has 0 unspecified atom stereocenters. The molecule has 0 radical (unpaired) electrons. The van der Waals surface area contributed by atoms with Crippen molar-refractivity contribution in [3.05, 3.63) is 53.3 Å². The van der Waals surface area contributed by atoms with Crippen LogP contribution in [-0.2, 0) is 0 Å². The molecule has 2 aromatic carbocycles. The molecule has 0 amide bonds. The van der Waals surface area contributed by atoms with Crippen molar-refractivity contribution in [3.63, 3.8) is 0 Å². The highest BCUT2D eigenvalue weighted by atomic mass is 19.2. The number of benzene rings is 2. The quantitative estimate of drug-likeness (QED) is 0.787. The molecule has 1 N–H and O–H groups in total. The zero-order valence-electron chi connectivity index (χ0n) is 8.92. The van der Waals surface area contributed by atoms with Gasteiger partial charge in [-0.15, -0.1) is 0 Å². The number of hydrogen-bond acceptors (Lipinski definition) is 2. The summed E-state index contributed by atoms with van der Waals surface area (Å²) in [4.78, 5) is 0. The van der Waals surface area contributed by atoms with Gasteiger partial charge in [-0.05, 0) is 23.8 Å². The highest BCUT2D eigenvalue weighted by Crippen LogP contribution is 2.28. The summed E-state index contributed by atoms with van der Waals surface area (Å²) >= 11 is 0. The van der Waals surface area contributed by atoms with E-state index in [-0.39, 0.29) is 22.4 Å². The topological polar surface area (TPSA) is 44.0 Å². The molecule has 0 bridgehead atoms. The Hall–Kier alpha value is -2.48. The number of nitriles is 1. The van der Waals surface area contributed by atoms with Crippen molar-refractivity contribution in [1.29, 1.82) is 5.26 Å². The Labute approximate surface area is 101 Å². The number of phenols is 1. The van der Waals surface area contributed by atoms with Gasteiger partial charge in [-0.25, -0.2) is 13.2 Å². The van der Waals surface area contributed by atoms with E-state index < -0.39 is 17.5 Å². The van der Waals surface area contributed by atoms with E-state index in [4.69, 9.17) is 5.26 Å². The first kappa shape index (κ1) is 12.0. The van der Waals surface area contributed by atoms with E-state index in [0.717, 1.165) is 0 Å². The molecule has 2 rings (SSSR count). The third kappa shape index (κ3) is 2.00. The van der Waals surface area contributed by atoms with Gasteiger partial charge in [0.1, 0.15) is 17.6 Å². The highest BCUT2D eigenvalue weighted by Gasteiger charge is 2.12. The number of rotatable bonds is 1. The van der Waals surface area contributed by atoms with E-state index >= 15 is 0 Å². The van der Waals surface area contributed by atoms with E-state index in [1.165, 1.54) is 18.2 Å². The van der Waals surface area contributed by atoms with Crippen molar-refractivity contribution in [2.45, 2.75) is 0 Å². The predicted molar refractivity (Wildman–Crippen MR) is 58.1 cm³/mol. The van der Waals surface area contributed by atoms with Crippen LogP contribution in [0.5, 0.6) is 5.75 Å². The Morgan fingerprint density at radius 1 is 0.944 bits per heavy atom. The molecular weight excluding hydrogens is 243 g/mol. The van der Waals surface area contributed by atoms with Crippen molar-refractivity contribution in [3.8, 4) is 22.9 Å². The van der Waals surface area contributed by atoms with Crippen molar-refractivity contribution >= 4 is 0 Å². The maximum Gasteiger partial charge on any atom is 0.161 e. The van der Waals surface area contributed by atoms with Gasteiger partial charge in [-0.3, -0.25) is 0 Å². The summed E-state index contributed by atoms with van der Waals surface area (Å²) < 4.78 is 39.3. The minimum Gasteiger partial charge on any atom is -0.507 e. The summed E-state index contributed by atoms with van der Waals surface area (Å²) in [6.45, 7) is 0. The first-order chi connectivity index (χ1) is 8.52. The molecule has 0 aliphatic carbocycles. The molecule has 0 saturated carbocycles. The van der Waals surface area contributed by atoms with Crippen LogP contribution in [-0.4, -0.2) is 5.11 Å². The summed E-state index contributed by atoms with van der Waals surface area (Å²) in [6, 6.07) is 6.55. The van der Waals surface area contributed by atoms with Crippen LogP contribution in [0.2, 0.25) is 0 Å². The van der Waals surface area contributed by atoms with Crippen molar-refractivity contribution in [1.82, 2.24) is 0 Å². The SMILES string of the molecule is N#Cc1cc(-c2cc(F)c(F)cc2F)ccc1O. The molecule has 2 aromatic rings. The Morgan fingerprint density at radius 3 is 2.28 bits per heavy atom. The number of aromatic hydroxyl groups is 1. The number of nitrogens with zero attached hydrogens (tertiary/aromatic N) is 1. The molecule has 0 aliphatic heterocycles. The summed E-state index contributed by atoms with van der Waals surface area (Å²) in [5.74, 6) is -3.67. The maximum atomic E-state index is 13.5. The van der Waals surface area contributed by atoms with Crippen LogP contribution in [0, 0.1) is 28.8 Å². The summed E-state index contributed by atoms with van der Waals surface area (Å²) in [7, 11) is 0. The number of hydrogen-bond donors (Lipinski definition) is 1. The lowest BCUT2D eigenvalue weighted by molar-refractivity contribution is 0.473. The molecule has 0 spiro atoms. The smallest absolute Gasteiger partial charge is 0.161 e. The molecule has 0 fully saturated rings. The summed E-state index contributed by atoms with van der Waals surface area (Å²) in [5, 5.41) is 18.0. The van der Waals surface area contributed by atoms with Crippen LogP contribution in [0.1, 0.15) is 5.56 Å². The third-order valence-corrected chi connectivity index (χ3v) is 2.44. The van der Waals surface area contributed by atoms with Gasteiger partial charge in [0, 0.05) is 11.6 Å². The molecule has 0 atom stereocenters. The number of phenolic OH excluding ortho intramolecular Hbond substituents is 1. The summed E-state index contributed by atoms with van der Waals surface area (Å²) in [5.41, 5.74) is -0.0669. The van der Waals surface area contributed by atoms with Crippen LogP contribution in [0.3, 0.4) is 0 Å². The van der Waals surface area contributed by atoms with Crippen LogP contribution in [0.4, 0.5) is 13.2 Å². The van der Waals surface area contributed by atoms with Gasteiger partial charge in [-0.1, -0.05) is 6.07 Å². The maximum absolute atomic E-state index is 13.5. The highest BCUT2D eigenvalue weighted by molar-refractivity contribution is 5.67. The standard InChI is InChI=1S/C13H6F3NO/c14-10-5-12(16)11(15)4-9(10)7-1-2-13(18)8(3-7)6-17/h1-5,18H. The molecule has 0 aliphatic rings.